The summed E-state index contributed by atoms with van der Waals surface area (Å²) < 4.78 is 42.0. The van der Waals surface area contributed by atoms with E-state index in [4.69, 9.17) is 0 Å². The Morgan fingerprint density at radius 3 is 2.25 bits per heavy atom. The maximum Gasteiger partial charge on any atom is 0.573 e. The van der Waals surface area contributed by atoms with Crippen molar-refractivity contribution in [2.24, 2.45) is 0 Å². The van der Waals surface area contributed by atoms with Crippen LogP contribution in [0.4, 0.5) is 13.2 Å². The fraction of sp³-hybridized carbons (Fsp3) is 0.0667. The first-order valence-electron chi connectivity index (χ1n) is 5.95. The molecule has 0 aliphatic rings. The molecule has 5 heteroatoms. The minimum absolute atomic E-state index is 0.224. The van der Waals surface area contributed by atoms with Gasteiger partial charge in [0.15, 0.2) is 0 Å². The van der Waals surface area contributed by atoms with Crippen molar-refractivity contribution >= 4 is 10.9 Å². The van der Waals surface area contributed by atoms with Crippen LogP contribution in [-0.2, 0) is 0 Å². The smallest absolute Gasteiger partial charge is 0.406 e. The summed E-state index contributed by atoms with van der Waals surface area (Å²) in [5.41, 5.74) is 1.78. The van der Waals surface area contributed by atoms with Crippen LogP contribution in [-0.4, -0.2) is 10.9 Å². The van der Waals surface area contributed by atoms with Crippen molar-refractivity contribution in [1.82, 2.24) is 4.57 Å². The van der Waals surface area contributed by atoms with E-state index in [1.165, 1.54) is 12.1 Å². The number of halogens is 3. The van der Waals surface area contributed by atoms with E-state index in [0.717, 1.165) is 16.6 Å². The zero-order valence-electron chi connectivity index (χ0n) is 10.3. The van der Waals surface area contributed by atoms with Crippen LogP contribution >= 0.6 is 0 Å². The van der Waals surface area contributed by atoms with Gasteiger partial charge in [0.25, 0.3) is 0 Å². The molecule has 20 heavy (non-hydrogen) atoms. The van der Waals surface area contributed by atoms with E-state index in [1.54, 1.807) is 12.1 Å². The number of para-hydroxylation sites is 1. The Morgan fingerprint density at radius 1 is 0.850 bits per heavy atom. The summed E-state index contributed by atoms with van der Waals surface area (Å²) in [6.07, 6.45) is -2.79. The average molecular weight is 277 g/mol. The van der Waals surface area contributed by atoms with E-state index in [9.17, 15) is 13.2 Å². The fourth-order valence-electron chi connectivity index (χ4n) is 2.12. The van der Waals surface area contributed by atoms with E-state index in [0.29, 0.717) is 0 Å². The Balaban J connectivity index is 1.95. The maximum absolute atomic E-state index is 12.1. The van der Waals surface area contributed by atoms with Crippen LogP contribution in [0.1, 0.15) is 0 Å². The van der Waals surface area contributed by atoms with Crippen LogP contribution in [0.3, 0.4) is 0 Å². The molecule has 1 heterocycles. The molecule has 1 aromatic heterocycles. The van der Waals surface area contributed by atoms with Gasteiger partial charge in [0.05, 0.1) is 5.52 Å². The highest BCUT2D eigenvalue weighted by atomic mass is 19.4. The second-order valence-corrected chi connectivity index (χ2v) is 4.29. The van der Waals surface area contributed by atoms with Gasteiger partial charge in [-0.15, -0.1) is 13.2 Å². The number of rotatable bonds is 2. The summed E-state index contributed by atoms with van der Waals surface area (Å²) in [6, 6.07) is 15.5. The van der Waals surface area contributed by atoms with E-state index in [1.807, 2.05) is 41.1 Å². The van der Waals surface area contributed by atoms with Gasteiger partial charge < -0.3 is 9.30 Å². The third-order valence-corrected chi connectivity index (χ3v) is 2.95. The van der Waals surface area contributed by atoms with Gasteiger partial charge in [-0.2, -0.15) is 0 Å². The SMILES string of the molecule is FC(F)(F)Oc1ccc(-n2ccc3ccccc32)cc1. The van der Waals surface area contributed by atoms with Crippen LogP contribution in [0.5, 0.6) is 5.75 Å². The van der Waals surface area contributed by atoms with E-state index >= 15 is 0 Å². The lowest BCUT2D eigenvalue weighted by Gasteiger charge is -2.10. The highest BCUT2D eigenvalue weighted by Crippen LogP contribution is 2.25. The molecule has 0 spiro atoms. The third-order valence-electron chi connectivity index (χ3n) is 2.95. The molecule has 3 rings (SSSR count). The summed E-state index contributed by atoms with van der Waals surface area (Å²) in [7, 11) is 0. The van der Waals surface area contributed by atoms with Gasteiger partial charge in [0, 0.05) is 11.9 Å². The molecule has 0 N–H and O–H groups in total. The summed E-state index contributed by atoms with van der Waals surface area (Å²) in [5, 5.41) is 1.07. The predicted octanol–water partition coefficient (Wildman–Crippen LogP) is 4.53. The molecule has 2 nitrogen and oxygen atoms in total. The lowest BCUT2D eigenvalue weighted by atomic mass is 10.2. The molecule has 0 fully saturated rings. The van der Waals surface area contributed by atoms with Crippen molar-refractivity contribution in [3.8, 4) is 11.4 Å². The Morgan fingerprint density at radius 2 is 1.55 bits per heavy atom. The standard InChI is InChI=1S/C15H10F3NO/c16-15(17,18)20-13-7-5-12(6-8-13)19-10-9-11-3-1-2-4-14(11)19/h1-10H. The van der Waals surface area contributed by atoms with Crippen molar-refractivity contribution in [1.29, 1.82) is 0 Å². The lowest BCUT2D eigenvalue weighted by Crippen LogP contribution is -2.17. The molecule has 0 saturated heterocycles. The number of nitrogens with zero attached hydrogens (tertiary/aromatic N) is 1. The van der Waals surface area contributed by atoms with Gasteiger partial charge in [-0.3, -0.25) is 0 Å². The molecule has 102 valence electrons. The van der Waals surface area contributed by atoms with Crippen LogP contribution in [0, 0.1) is 0 Å². The molecule has 0 radical (unpaired) electrons. The molecule has 2 aromatic carbocycles. The minimum atomic E-state index is -4.67. The molecule has 0 bridgehead atoms. The predicted molar refractivity (Wildman–Crippen MR) is 70.0 cm³/mol. The first-order chi connectivity index (χ1) is 9.53. The topological polar surface area (TPSA) is 14.2 Å². The van der Waals surface area contributed by atoms with E-state index < -0.39 is 6.36 Å². The van der Waals surface area contributed by atoms with Crippen molar-refractivity contribution in [3.63, 3.8) is 0 Å². The zero-order chi connectivity index (χ0) is 14.2. The number of aromatic nitrogens is 1. The second-order valence-electron chi connectivity index (χ2n) is 4.29. The zero-order valence-corrected chi connectivity index (χ0v) is 10.3. The number of benzene rings is 2. The molecule has 0 saturated carbocycles. The van der Waals surface area contributed by atoms with Gasteiger partial charge in [0.2, 0.25) is 0 Å². The summed E-state index contributed by atoms with van der Waals surface area (Å²) >= 11 is 0. The number of fused-ring (bicyclic) bond motifs is 1. The first-order valence-corrected chi connectivity index (χ1v) is 5.95. The van der Waals surface area contributed by atoms with Gasteiger partial charge in [-0.25, -0.2) is 0 Å². The van der Waals surface area contributed by atoms with Crippen LogP contribution < -0.4 is 4.74 Å². The van der Waals surface area contributed by atoms with Gasteiger partial charge in [-0.1, -0.05) is 18.2 Å². The first kappa shape index (κ1) is 12.6. The van der Waals surface area contributed by atoms with Gasteiger partial charge in [-0.05, 0) is 41.8 Å². The molecule has 0 amide bonds. The summed E-state index contributed by atoms with van der Waals surface area (Å²) in [4.78, 5) is 0. The van der Waals surface area contributed by atoms with Gasteiger partial charge >= 0.3 is 6.36 Å². The molecule has 0 aliphatic heterocycles. The fourth-order valence-corrected chi connectivity index (χ4v) is 2.12. The molecular formula is C15H10F3NO. The van der Waals surface area contributed by atoms with E-state index in [-0.39, 0.29) is 5.75 Å². The molecule has 0 unspecified atom stereocenters. The molecule has 3 aromatic rings. The third kappa shape index (κ3) is 2.47. The Hall–Kier alpha value is -2.43. The lowest BCUT2D eigenvalue weighted by molar-refractivity contribution is -0.274. The Labute approximate surface area is 113 Å². The van der Waals surface area contributed by atoms with Crippen molar-refractivity contribution in [2.75, 3.05) is 0 Å². The summed E-state index contributed by atoms with van der Waals surface area (Å²) in [6.45, 7) is 0. The van der Waals surface area contributed by atoms with Crippen LogP contribution in [0.15, 0.2) is 60.8 Å². The number of ether oxygens (including phenoxy) is 1. The van der Waals surface area contributed by atoms with Crippen LogP contribution in [0.2, 0.25) is 0 Å². The van der Waals surface area contributed by atoms with Crippen molar-refractivity contribution in [2.45, 2.75) is 6.36 Å². The van der Waals surface area contributed by atoms with E-state index in [2.05, 4.69) is 4.74 Å². The average Bonchev–Trinajstić information content (AvgIpc) is 2.82. The number of alkyl halides is 3. The number of hydrogen-bond acceptors (Lipinski definition) is 1. The minimum Gasteiger partial charge on any atom is -0.406 e. The maximum atomic E-state index is 12.1. The van der Waals surface area contributed by atoms with Crippen LogP contribution in [0.25, 0.3) is 16.6 Å². The summed E-state index contributed by atoms with van der Waals surface area (Å²) in [5.74, 6) is -0.224. The molecular weight excluding hydrogens is 267 g/mol. The number of hydrogen-bond donors (Lipinski definition) is 0. The van der Waals surface area contributed by atoms with Gasteiger partial charge in [0.1, 0.15) is 5.75 Å². The highest BCUT2D eigenvalue weighted by Gasteiger charge is 2.30. The largest absolute Gasteiger partial charge is 0.573 e. The van der Waals surface area contributed by atoms with Crippen molar-refractivity contribution in [3.05, 3.63) is 60.8 Å². The quantitative estimate of drug-likeness (QED) is 0.671. The van der Waals surface area contributed by atoms with Crippen molar-refractivity contribution < 1.29 is 17.9 Å². The molecule has 0 atom stereocenters. The monoisotopic (exact) mass is 277 g/mol. The second kappa shape index (κ2) is 4.59. The highest BCUT2D eigenvalue weighted by molar-refractivity contribution is 5.81. The Kier molecular flexibility index (Phi) is 2.89. The molecule has 0 aliphatic carbocycles. The Bertz CT molecular complexity index is 729. The normalized spacial score (nSPS) is 11.8.